The SMILES string of the molecule is Cc1cccc(NS(=O)(=O)c2ccc(C)c(C(=O)NC3CCCC3)c2)c1. The van der Waals surface area contributed by atoms with Crippen LogP contribution in [0.4, 0.5) is 5.69 Å². The molecule has 0 spiro atoms. The molecule has 0 aromatic heterocycles. The van der Waals surface area contributed by atoms with E-state index in [9.17, 15) is 13.2 Å². The number of benzene rings is 2. The van der Waals surface area contributed by atoms with Crippen molar-refractivity contribution in [3.63, 3.8) is 0 Å². The second-order valence-corrected chi connectivity index (χ2v) is 8.59. The van der Waals surface area contributed by atoms with Gasteiger partial charge in [0.25, 0.3) is 15.9 Å². The molecule has 0 unspecified atom stereocenters. The fraction of sp³-hybridized carbons (Fsp3) is 0.350. The van der Waals surface area contributed by atoms with Gasteiger partial charge in [0.15, 0.2) is 0 Å². The number of carbonyl (C=O) groups is 1. The van der Waals surface area contributed by atoms with Crippen molar-refractivity contribution >= 4 is 21.6 Å². The molecule has 6 heteroatoms. The molecule has 2 N–H and O–H groups in total. The number of hydrogen-bond acceptors (Lipinski definition) is 3. The first-order valence-corrected chi connectivity index (χ1v) is 10.3. The fourth-order valence-corrected chi connectivity index (χ4v) is 4.34. The van der Waals surface area contributed by atoms with Gasteiger partial charge in [-0.25, -0.2) is 8.42 Å². The Bertz CT molecular complexity index is 916. The minimum absolute atomic E-state index is 0.0844. The number of nitrogens with one attached hydrogen (secondary N) is 2. The summed E-state index contributed by atoms with van der Waals surface area (Å²) in [5.74, 6) is -0.206. The molecule has 1 aliphatic rings. The first-order valence-electron chi connectivity index (χ1n) is 8.86. The monoisotopic (exact) mass is 372 g/mol. The van der Waals surface area contributed by atoms with Gasteiger partial charge in [-0.3, -0.25) is 9.52 Å². The van der Waals surface area contributed by atoms with Crippen molar-refractivity contribution in [2.45, 2.75) is 50.5 Å². The standard InChI is InChI=1S/C20H24N2O3S/c1-14-6-5-9-17(12-14)22-26(24,25)18-11-10-15(2)19(13-18)20(23)21-16-7-3-4-8-16/h5-6,9-13,16,22H,3-4,7-8H2,1-2H3,(H,21,23). The van der Waals surface area contributed by atoms with Crippen molar-refractivity contribution in [1.29, 1.82) is 0 Å². The van der Waals surface area contributed by atoms with E-state index in [0.29, 0.717) is 11.3 Å². The Labute approximate surface area is 154 Å². The van der Waals surface area contributed by atoms with E-state index in [1.807, 2.05) is 19.9 Å². The van der Waals surface area contributed by atoms with E-state index >= 15 is 0 Å². The molecule has 0 saturated heterocycles. The van der Waals surface area contributed by atoms with Gasteiger partial charge < -0.3 is 5.32 Å². The van der Waals surface area contributed by atoms with Crippen molar-refractivity contribution in [3.05, 3.63) is 59.2 Å². The van der Waals surface area contributed by atoms with Gasteiger partial charge in [-0.2, -0.15) is 0 Å². The zero-order chi connectivity index (χ0) is 18.7. The number of anilines is 1. The highest BCUT2D eigenvalue weighted by Crippen LogP contribution is 2.22. The van der Waals surface area contributed by atoms with Gasteiger partial charge >= 0.3 is 0 Å². The number of carbonyl (C=O) groups excluding carboxylic acids is 1. The lowest BCUT2D eigenvalue weighted by molar-refractivity contribution is 0.0937. The maximum atomic E-state index is 12.7. The Morgan fingerprint density at radius 3 is 2.46 bits per heavy atom. The van der Waals surface area contributed by atoms with Crippen LogP contribution in [0.5, 0.6) is 0 Å². The van der Waals surface area contributed by atoms with Crippen LogP contribution in [0.3, 0.4) is 0 Å². The Morgan fingerprint density at radius 2 is 1.77 bits per heavy atom. The summed E-state index contributed by atoms with van der Waals surface area (Å²) >= 11 is 0. The zero-order valence-electron chi connectivity index (χ0n) is 15.1. The molecule has 2 aromatic carbocycles. The lowest BCUT2D eigenvalue weighted by Crippen LogP contribution is -2.33. The van der Waals surface area contributed by atoms with Gasteiger partial charge in [0, 0.05) is 17.3 Å². The van der Waals surface area contributed by atoms with E-state index in [-0.39, 0.29) is 16.8 Å². The number of sulfonamides is 1. The van der Waals surface area contributed by atoms with Crippen LogP contribution in [0.2, 0.25) is 0 Å². The van der Waals surface area contributed by atoms with E-state index in [1.54, 1.807) is 24.3 Å². The van der Waals surface area contributed by atoms with Crippen LogP contribution in [0.25, 0.3) is 0 Å². The molecule has 1 saturated carbocycles. The third kappa shape index (κ3) is 4.25. The molecule has 5 nitrogen and oxygen atoms in total. The second-order valence-electron chi connectivity index (χ2n) is 6.91. The molecule has 3 rings (SSSR count). The summed E-state index contributed by atoms with van der Waals surface area (Å²) in [6, 6.07) is 12.0. The maximum Gasteiger partial charge on any atom is 0.261 e. The fourth-order valence-electron chi connectivity index (χ4n) is 3.27. The zero-order valence-corrected chi connectivity index (χ0v) is 15.9. The van der Waals surface area contributed by atoms with E-state index in [1.165, 1.54) is 12.1 Å². The topological polar surface area (TPSA) is 75.3 Å². The highest BCUT2D eigenvalue weighted by atomic mass is 32.2. The molecule has 0 atom stereocenters. The lowest BCUT2D eigenvalue weighted by atomic mass is 10.1. The summed E-state index contributed by atoms with van der Waals surface area (Å²) in [6.07, 6.45) is 4.22. The van der Waals surface area contributed by atoms with E-state index in [0.717, 1.165) is 36.8 Å². The average molecular weight is 372 g/mol. The molecule has 0 bridgehead atoms. The normalized spacial score (nSPS) is 15.0. The summed E-state index contributed by atoms with van der Waals surface area (Å²) in [5, 5.41) is 3.02. The molecule has 2 aromatic rings. The van der Waals surface area contributed by atoms with Crippen molar-refractivity contribution in [2.75, 3.05) is 4.72 Å². The van der Waals surface area contributed by atoms with Gasteiger partial charge in [0.1, 0.15) is 0 Å². The van der Waals surface area contributed by atoms with Crippen LogP contribution in [-0.4, -0.2) is 20.4 Å². The van der Waals surface area contributed by atoms with E-state index in [2.05, 4.69) is 10.0 Å². The average Bonchev–Trinajstić information content (AvgIpc) is 3.07. The first kappa shape index (κ1) is 18.5. The predicted octanol–water partition coefficient (Wildman–Crippen LogP) is 3.78. The summed E-state index contributed by atoms with van der Waals surface area (Å²) in [4.78, 5) is 12.7. The number of rotatable bonds is 5. The molecular formula is C20H24N2O3S. The molecule has 138 valence electrons. The molecule has 26 heavy (non-hydrogen) atoms. The van der Waals surface area contributed by atoms with Crippen molar-refractivity contribution in [2.24, 2.45) is 0 Å². The number of amides is 1. The minimum atomic E-state index is -3.76. The lowest BCUT2D eigenvalue weighted by Gasteiger charge is -2.15. The second kappa shape index (κ2) is 7.50. The van der Waals surface area contributed by atoms with Crippen molar-refractivity contribution < 1.29 is 13.2 Å². The van der Waals surface area contributed by atoms with Crippen LogP contribution in [0, 0.1) is 13.8 Å². The summed E-state index contributed by atoms with van der Waals surface area (Å²) < 4.78 is 28.0. The predicted molar refractivity (Wildman–Crippen MR) is 103 cm³/mol. The summed E-state index contributed by atoms with van der Waals surface area (Å²) in [7, 11) is -3.76. The van der Waals surface area contributed by atoms with Gasteiger partial charge in [0.2, 0.25) is 0 Å². The highest BCUT2D eigenvalue weighted by molar-refractivity contribution is 7.92. The molecule has 1 fully saturated rings. The Balaban J connectivity index is 1.84. The van der Waals surface area contributed by atoms with Gasteiger partial charge in [-0.15, -0.1) is 0 Å². The third-order valence-corrected chi connectivity index (χ3v) is 6.10. The van der Waals surface area contributed by atoms with Crippen LogP contribution in [0.1, 0.15) is 47.2 Å². The largest absolute Gasteiger partial charge is 0.349 e. The smallest absolute Gasteiger partial charge is 0.261 e. The van der Waals surface area contributed by atoms with Gasteiger partial charge in [-0.05, 0) is 62.1 Å². The third-order valence-electron chi connectivity index (χ3n) is 4.72. The molecule has 0 radical (unpaired) electrons. The molecular weight excluding hydrogens is 348 g/mol. The van der Waals surface area contributed by atoms with Crippen LogP contribution in [0.15, 0.2) is 47.4 Å². The molecule has 1 aliphatic carbocycles. The summed E-state index contributed by atoms with van der Waals surface area (Å²) in [5.41, 5.74) is 2.63. The quantitative estimate of drug-likeness (QED) is 0.839. The summed E-state index contributed by atoms with van der Waals surface area (Å²) in [6.45, 7) is 3.71. The Kier molecular flexibility index (Phi) is 5.32. The number of aryl methyl sites for hydroxylation is 2. The molecule has 0 heterocycles. The Morgan fingerprint density at radius 1 is 1.04 bits per heavy atom. The minimum Gasteiger partial charge on any atom is -0.349 e. The van der Waals surface area contributed by atoms with Crippen LogP contribution in [-0.2, 0) is 10.0 Å². The van der Waals surface area contributed by atoms with Gasteiger partial charge in [0.05, 0.1) is 4.90 Å². The molecule has 1 amide bonds. The van der Waals surface area contributed by atoms with Crippen molar-refractivity contribution in [3.8, 4) is 0 Å². The number of hydrogen-bond donors (Lipinski definition) is 2. The van der Waals surface area contributed by atoms with E-state index < -0.39 is 10.0 Å². The molecule has 0 aliphatic heterocycles. The first-order chi connectivity index (χ1) is 12.3. The van der Waals surface area contributed by atoms with E-state index in [4.69, 9.17) is 0 Å². The van der Waals surface area contributed by atoms with Crippen LogP contribution >= 0.6 is 0 Å². The van der Waals surface area contributed by atoms with Crippen molar-refractivity contribution in [1.82, 2.24) is 5.32 Å². The highest BCUT2D eigenvalue weighted by Gasteiger charge is 2.21. The van der Waals surface area contributed by atoms with Gasteiger partial charge in [-0.1, -0.05) is 31.0 Å². The van der Waals surface area contributed by atoms with Crippen LogP contribution < -0.4 is 10.0 Å². The maximum absolute atomic E-state index is 12.7. The Hall–Kier alpha value is -2.34.